The van der Waals surface area contributed by atoms with Crippen LogP contribution >= 0.6 is 0 Å². The van der Waals surface area contributed by atoms with E-state index in [0.717, 1.165) is 31.6 Å². The van der Waals surface area contributed by atoms with E-state index in [1.165, 1.54) is 22.3 Å². The molecule has 126 valence electrons. The molecule has 0 unspecified atom stereocenters. The van der Waals surface area contributed by atoms with E-state index in [2.05, 4.69) is 65.0 Å². The fourth-order valence-corrected chi connectivity index (χ4v) is 3.16. The molecule has 4 nitrogen and oxygen atoms in total. The summed E-state index contributed by atoms with van der Waals surface area (Å²) in [6, 6.07) is 8.43. The summed E-state index contributed by atoms with van der Waals surface area (Å²) in [6.45, 7) is 9.44. The van der Waals surface area contributed by atoms with Gasteiger partial charge in [0.15, 0.2) is 0 Å². The Morgan fingerprint density at radius 2 is 2.00 bits per heavy atom. The van der Waals surface area contributed by atoms with Crippen molar-refractivity contribution < 1.29 is 0 Å². The lowest BCUT2D eigenvalue weighted by Gasteiger charge is -2.12. The summed E-state index contributed by atoms with van der Waals surface area (Å²) in [7, 11) is 0. The van der Waals surface area contributed by atoms with E-state index in [0.29, 0.717) is 5.92 Å². The van der Waals surface area contributed by atoms with E-state index < -0.39 is 0 Å². The molecule has 0 spiro atoms. The monoisotopic (exact) mass is 322 g/mol. The van der Waals surface area contributed by atoms with Crippen molar-refractivity contribution in [2.45, 2.75) is 46.2 Å². The predicted octanol–water partition coefficient (Wildman–Crippen LogP) is 4.04. The fourth-order valence-electron chi connectivity index (χ4n) is 3.16. The van der Waals surface area contributed by atoms with Crippen LogP contribution in [0, 0.1) is 6.92 Å². The number of rotatable bonds is 7. The molecule has 0 aliphatic carbocycles. The molecule has 2 heterocycles. The Labute approximate surface area is 143 Å². The van der Waals surface area contributed by atoms with E-state index in [9.17, 15) is 0 Å². The molecule has 0 aliphatic heterocycles. The van der Waals surface area contributed by atoms with Crippen molar-refractivity contribution in [3.8, 4) is 0 Å². The molecule has 1 aromatic carbocycles. The van der Waals surface area contributed by atoms with Crippen LogP contribution in [-0.2, 0) is 13.1 Å². The van der Waals surface area contributed by atoms with Crippen LogP contribution in [0.4, 0.5) is 0 Å². The number of hydrogen-bond acceptors (Lipinski definition) is 3. The average molecular weight is 322 g/mol. The Bertz CT molecular complexity index is 804. The molecule has 24 heavy (non-hydrogen) atoms. The van der Waals surface area contributed by atoms with Crippen LogP contribution in [0.3, 0.4) is 0 Å². The molecule has 1 N–H and O–H groups in total. The first-order valence-electron chi connectivity index (χ1n) is 8.72. The maximum atomic E-state index is 4.45. The molecule has 0 radical (unpaired) electrons. The maximum absolute atomic E-state index is 4.45. The lowest BCUT2D eigenvalue weighted by atomic mass is 10.0. The topological polar surface area (TPSA) is 42.7 Å². The Balaban J connectivity index is 1.56. The SMILES string of the molecule is Cc1ccc2ncccc2c1CNCCCn1ccnc1C(C)C. The number of benzene rings is 1. The van der Waals surface area contributed by atoms with Gasteiger partial charge >= 0.3 is 0 Å². The van der Waals surface area contributed by atoms with Gasteiger partial charge in [0.2, 0.25) is 0 Å². The van der Waals surface area contributed by atoms with Gasteiger partial charge in [-0.2, -0.15) is 0 Å². The van der Waals surface area contributed by atoms with Crippen molar-refractivity contribution in [1.29, 1.82) is 0 Å². The van der Waals surface area contributed by atoms with Crippen LogP contribution in [-0.4, -0.2) is 21.1 Å². The number of imidazole rings is 1. The number of pyridine rings is 1. The van der Waals surface area contributed by atoms with Crippen molar-refractivity contribution in [3.63, 3.8) is 0 Å². The molecule has 0 saturated heterocycles. The van der Waals surface area contributed by atoms with Crippen LogP contribution in [0.25, 0.3) is 10.9 Å². The second-order valence-corrected chi connectivity index (χ2v) is 6.59. The second kappa shape index (κ2) is 7.58. The van der Waals surface area contributed by atoms with Crippen LogP contribution in [0.5, 0.6) is 0 Å². The van der Waals surface area contributed by atoms with Crippen molar-refractivity contribution >= 4 is 10.9 Å². The lowest BCUT2D eigenvalue weighted by Crippen LogP contribution is -2.18. The van der Waals surface area contributed by atoms with Gasteiger partial charge in [0.1, 0.15) is 5.82 Å². The third-order valence-corrected chi connectivity index (χ3v) is 4.45. The van der Waals surface area contributed by atoms with Crippen molar-refractivity contribution in [1.82, 2.24) is 19.9 Å². The van der Waals surface area contributed by atoms with Gasteiger partial charge in [0, 0.05) is 43.0 Å². The molecule has 3 rings (SSSR count). The van der Waals surface area contributed by atoms with Gasteiger partial charge in [0.25, 0.3) is 0 Å². The van der Waals surface area contributed by atoms with Crippen LogP contribution in [0.15, 0.2) is 42.9 Å². The van der Waals surface area contributed by atoms with Gasteiger partial charge < -0.3 is 9.88 Å². The Kier molecular flexibility index (Phi) is 5.26. The van der Waals surface area contributed by atoms with Gasteiger partial charge in [-0.25, -0.2) is 4.98 Å². The van der Waals surface area contributed by atoms with Gasteiger partial charge in [-0.3, -0.25) is 4.98 Å². The van der Waals surface area contributed by atoms with E-state index in [-0.39, 0.29) is 0 Å². The van der Waals surface area contributed by atoms with E-state index in [1.54, 1.807) is 0 Å². The van der Waals surface area contributed by atoms with E-state index >= 15 is 0 Å². The third kappa shape index (κ3) is 3.65. The zero-order valence-corrected chi connectivity index (χ0v) is 14.8. The van der Waals surface area contributed by atoms with Crippen molar-refractivity contribution in [2.75, 3.05) is 6.54 Å². The number of fused-ring (bicyclic) bond motifs is 1. The summed E-state index contributed by atoms with van der Waals surface area (Å²) in [5.74, 6) is 1.64. The molecular formula is C20H26N4. The minimum atomic E-state index is 0.471. The molecule has 0 bridgehead atoms. The van der Waals surface area contributed by atoms with Crippen LogP contribution < -0.4 is 5.32 Å². The molecule has 3 aromatic rings. The minimum absolute atomic E-state index is 0.471. The zero-order chi connectivity index (χ0) is 16.9. The summed E-state index contributed by atoms with van der Waals surface area (Å²) in [5, 5.41) is 4.84. The largest absolute Gasteiger partial charge is 0.335 e. The molecule has 4 heteroatoms. The highest BCUT2D eigenvalue weighted by molar-refractivity contribution is 5.83. The van der Waals surface area contributed by atoms with Crippen LogP contribution in [0.1, 0.15) is 43.1 Å². The lowest BCUT2D eigenvalue weighted by molar-refractivity contribution is 0.554. The first-order chi connectivity index (χ1) is 11.7. The molecule has 0 aliphatic rings. The third-order valence-electron chi connectivity index (χ3n) is 4.45. The molecule has 0 fully saturated rings. The normalized spacial score (nSPS) is 11.5. The quantitative estimate of drug-likeness (QED) is 0.668. The summed E-state index contributed by atoms with van der Waals surface area (Å²) < 4.78 is 2.26. The highest BCUT2D eigenvalue weighted by atomic mass is 15.1. The first-order valence-corrected chi connectivity index (χ1v) is 8.72. The zero-order valence-electron chi connectivity index (χ0n) is 14.8. The second-order valence-electron chi connectivity index (χ2n) is 6.59. The Morgan fingerprint density at radius 3 is 2.83 bits per heavy atom. The van der Waals surface area contributed by atoms with Crippen molar-refractivity contribution in [2.24, 2.45) is 0 Å². The van der Waals surface area contributed by atoms with Crippen molar-refractivity contribution in [3.05, 3.63) is 59.8 Å². The minimum Gasteiger partial charge on any atom is -0.335 e. The smallest absolute Gasteiger partial charge is 0.111 e. The molecule has 2 aromatic heterocycles. The number of hydrogen-bond donors (Lipinski definition) is 1. The van der Waals surface area contributed by atoms with Gasteiger partial charge in [0.05, 0.1) is 5.52 Å². The van der Waals surface area contributed by atoms with E-state index in [1.807, 2.05) is 18.5 Å². The summed E-state index contributed by atoms with van der Waals surface area (Å²) in [5.41, 5.74) is 3.74. The molecular weight excluding hydrogens is 296 g/mol. The Morgan fingerprint density at radius 1 is 1.12 bits per heavy atom. The van der Waals surface area contributed by atoms with Gasteiger partial charge in [-0.1, -0.05) is 26.0 Å². The number of aromatic nitrogens is 3. The van der Waals surface area contributed by atoms with E-state index in [4.69, 9.17) is 0 Å². The maximum Gasteiger partial charge on any atom is 0.111 e. The summed E-state index contributed by atoms with van der Waals surface area (Å²) in [6.07, 6.45) is 6.93. The molecule has 0 saturated carbocycles. The highest BCUT2D eigenvalue weighted by Crippen LogP contribution is 2.20. The predicted molar refractivity (Wildman–Crippen MR) is 99.1 cm³/mol. The Hall–Kier alpha value is -2.20. The van der Waals surface area contributed by atoms with Crippen LogP contribution in [0.2, 0.25) is 0 Å². The van der Waals surface area contributed by atoms with Gasteiger partial charge in [-0.05, 0) is 43.1 Å². The number of nitrogens with one attached hydrogen (secondary N) is 1. The summed E-state index contributed by atoms with van der Waals surface area (Å²) >= 11 is 0. The average Bonchev–Trinajstić information content (AvgIpc) is 3.05. The number of nitrogens with zero attached hydrogens (tertiary/aromatic N) is 3. The first kappa shape index (κ1) is 16.7. The highest BCUT2D eigenvalue weighted by Gasteiger charge is 2.07. The summed E-state index contributed by atoms with van der Waals surface area (Å²) in [4.78, 5) is 8.89. The molecule has 0 atom stereocenters. The standard InChI is InChI=1S/C20H26N4/c1-15(2)20-23-11-13-24(20)12-5-9-21-14-18-16(3)7-8-19-17(18)6-4-10-22-19/h4,6-8,10-11,13,15,21H,5,9,12,14H2,1-3H3. The number of aryl methyl sites for hydroxylation is 2. The van der Waals surface area contributed by atoms with Gasteiger partial charge in [-0.15, -0.1) is 0 Å². The fraction of sp³-hybridized carbons (Fsp3) is 0.400. The molecule has 0 amide bonds.